The molecule has 1 atom stereocenters. The van der Waals surface area contributed by atoms with Gasteiger partial charge in [0.05, 0.1) is 5.75 Å². The van der Waals surface area contributed by atoms with Crippen LogP contribution in [-0.2, 0) is 4.79 Å². The molecule has 2 aromatic rings. The molecule has 1 unspecified atom stereocenters. The molecule has 4 nitrogen and oxygen atoms in total. The van der Waals surface area contributed by atoms with E-state index in [4.69, 9.17) is 9.47 Å². The minimum atomic E-state index is -0.325. The molecular formula is C16H11BrFNO3S. The predicted octanol–water partition coefficient (Wildman–Crippen LogP) is 4.10. The second-order valence-corrected chi connectivity index (χ2v) is 7.05. The standard InChI is InChI=1S/C16H11BrFNO3S/c17-12-6-14-13(21-8-22-14)5-11(12)16-19(15(20)7-23-16)10-3-1-9(18)2-4-10/h1-6,16H,7-8H2. The molecule has 0 aliphatic carbocycles. The fourth-order valence-electron chi connectivity index (χ4n) is 2.66. The molecule has 118 valence electrons. The molecule has 2 aliphatic heterocycles. The lowest BCUT2D eigenvalue weighted by atomic mass is 10.1. The Labute approximate surface area is 144 Å². The van der Waals surface area contributed by atoms with Gasteiger partial charge in [0.25, 0.3) is 0 Å². The van der Waals surface area contributed by atoms with Crippen molar-refractivity contribution >= 4 is 39.3 Å². The van der Waals surface area contributed by atoms with Crippen molar-refractivity contribution in [3.8, 4) is 11.5 Å². The lowest BCUT2D eigenvalue weighted by Crippen LogP contribution is -2.27. The molecule has 1 fully saturated rings. The summed E-state index contributed by atoms with van der Waals surface area (Å²) in [5.41, 5.74) is 1.60. The normalized spacial score (nSPS) is 19.5. The molecule has 2 aliphatic rings. The quantitative estimate of drug-likeness (QED) is 0.767. The third-order valence-electron chi connectivity index (χ3n) is 3.73. The van der Waals surface area contributed by atoms with Crippen LogP contribution in [-0.4, -0.2) is 18.5 Å². The number of amides is 1. The highest BCUT2D eigenvalue weighted by Gasteiger charge is 2.36. The van der Waals surface area contributed by atoms with Crippen LogP contribution in [0.4, 0.5) is 10.1 Å². The minimum absolute atomic E-state index is 0.00354. The number of halogens is 2. The number of anilines is 1. The van der Waals surface area contributed by atoms with Crippen LogP contribution >= 0.6 is 27.7 Å². The summed E-state index contributed by atoms with van der Waals surface area (Å²) in [6, 6.07) is 9.69. The highest BCUT2D eigenvalue weighted by atomic mass is 79.9. The van der Waals surface area contributed by atoms with Crippen molar-refractivity contribution in [1.82, 2.24) is 0 Å². The topological polar surface area (TPSA) is 38.8 Å². The van der Waals surface area contributed by atoms with Crippen molar-refractivity contribution in [2.75, 3.05) is 17.4 Å². The van der Waals surface area contributed by atoms with Crippen molar-refractivity contribution in [3.05, 3.63) is 52.3 Å². The van der Waals surface area contributed by atoms with E-state index in [2.05, 4.69) is 15.9 Å². The van der Waals surface area contributed by atoms with Crippen LogP contribution in [0.25, 0.3) is 0 Å². The van der Waals surface area contributed by atoms with E-state index in [1.54, 1.807) is 17.0 Å². The average molecular weight is 396 g/mol. The smallest absolute Gasteiger partial charge is 0.238 e. The Morgan fingerprint density at radius 3 is 2.61 bits per heavy atom. The first kappa shape index (κ1) is 14.8. The van der Waals surface area contributed by atoms with Crippen LogP contribution in [0.2, 0.25) is 0 Å². The predicted molar refractivity (Wildman–Crippen MR) is 89.4 cm³/mol. The highest BCUT2D eigenvalue weighted by molar-refractivity contribution is 9.10. The van der Waals surface area contributed by atoms with E-state index < -0.39 is 0 Å². The van der Waals surface area contributed by atoms with Gasteiger partial charge >= 0.3 is 0 Å². The van der Waals surface area contributed by atoms with Gasteiger partial charge in [0.15, 0.2) is 11.5 Å². The first-order chi connectivity index (χ1) is 11.1. The number of fused-ring (bicyclic) bond motifs is 1. The summed E-state index contributed by atoms with van der Waals surface area (Å²) in [5.74, 6) is 1.40. The highest BCUT2D eigenvalue weighted by Crippen LogP contribution is 2.47. The zero-order valence-electron chi connectivity index (χ0n) is 11.8. The van der Waals surface area contributed by atoms with E-state index in [9.17, 15) is 9.18 Å². The van der Waals surface area contributed by atoms with Gasteiger partial charge in [-0.05, 0) is 36.4 Å². The van der Waals surface area contributed by atoms with Crippen molar-refractivity contribution in [2.45, 2.75) is 5.37 Å². The van der Waals surface area contributed by atoms with E-state index in [1.807, 2.05) is 12.1 Å². The van der Waals surface area contributed by atoms with Crippen molar-refractivity contribution in [2.24, 2.45) is 0 Å². The Morgan fingerprint density at radius 2 is 1.87 bits per heavy atom. The summed E-state index contributed by atoms with van der Waals surface area (Å²) in [4.78, 5) is 14.0. The molecule has 2 heterocycles. The van der Waals surface area contributed by atoms with Crippen LogP contribution in [0.15, 0.2) is 40.9 Å². The Morgan fingerprint density at radius 1 is 1.17 bits per heavy atom. The maximum absolute atomic E-state index is 13.2. The van der Waals surface area contributed by atoms with Crippen LogP contribution in [0.1, 0.15) is 10.9 Å². The Balaban J connectivity index is 1.75. The summed E-state index contributed by atoms with van der Waals surface area (Å²) in [6.45, 7) is 0.198. The first-order valence-electron chi connectivity index (χ1n) is 6.92. The van der Waals surface area contributed by atoms with E-state index in [-0.39, 0.29) is 23.9 Å². The Bertz CT molecular complexity index is 784. The van der Waals surface area contributed by atoms with Gasteiger partial charge in [-0.2, -0.15) is 0 Å². The van der Waals surface area contributed by atoms with E-state index in [1.165, 1.54) is 23.9 Å². The number of carbonyl (C=O) groups is 1. The van der Waals surface area contributed by atoms with Crippen molar-refractivity contribution < 1.29 is 18.7 Å². The fraction of sp³-hybridized carbons (Fsp3) is 0.188. The second-order valence-electron chi connectivity index (χ2n) is 5.13. The molecule has 23 heavy (non-hydrogen) atoms. The van der Waals surface area contributed by atoms with Gasteiger partial charge in [0, 0.05) is 15.7 Å². The molecule has 0 spiro atoms. The van der Waals surface area contributed by atoms with Crippen molar-refractivity contribution in [3.63, 3.8) is 0 Å². The lowest BCUT2D eigenvalue weighted by Gasteiger charge is -2.25. The summed E-state index contributed by atoms with van der Waals surface area (Å²) < 4.78 is 24.8. The van der Waals surface area contributed by atoms with Crippen LogP contribution in [0, 0.1) is 5.82 Å². The molecule has 7 heteroatoms. The summed E-state index contributed by atoms with van der Waals surface area (Å²) in [7, 11) is 0. The van der Waals surface area contributed by atoms with Gasteiger partial charge in [-0.25, -0.2) is 4.39 Å². The van der Waals surface area contributed by atoms with Crippen molar-refractivity contribution in [1.29, 1.82) is 0 Å². The number of ether oxygens (including phenoxy) is 2. The third-order valence-corrected chi connectivity index (χ3v) is 5.61. The number of carbonyl (C=O) groups excluding carboxylic acids is 1. The maximum Gasteiger partial charge on any atom is 0.238 e. The number of thioether (sulfide) groups is 1. The summed E-state index contributed by atoms with van der Waals surface area (Å²) in [6.07, 6.45) is 0. The summed E-state index contributed by atoms with van der Waals surface area (Å²) in [5, 5.41) is -0.197. The molecule has 1 saturated heterocycles. The largest absolute Gasteiger partial charge is 0.454 e. The molecule has 0 aromatic heterocycles. The second kappa shape index (κ2) is 5.72. The van der Waals surface area contributed by atoms with Gasteiger partial charge in [-0.15, -0.1) is 11.8 Å². The average Bonchev–Trinajstić information content (AvgIpc) is 3.13. The third kappa shape index (κ3) is 2.57. The van der Waals surface area contributed by atoms with Gasteiger partial charge in [-0.3, -0.25) is 9.69 Å². The first-order valence-corrected chi connectivity index (χ1v) is 8.76. The maximum atomic E-state index is 13.2. The molecule has 0 saturated carbocycles. The van der Waals surface area contributed by atoms with Crippen LogP contribution in [0.3, 0.4) is 0 Å². The number of hydrogen-bond donors (Lipinski definition) is 0. The molecule has 2 aromatic carbocycles. The number of benzene rings is 2. The lowest BCUT2D eigenvalue weighted by molar-refractivity contribution is -0.115. The van der Waals surface area contributed by atoms with E-state index in [0.717, 1.165) is 10.0 Å². The van der Waals surface area contributed by atoms with Crippen LogP contribution in [0.5, 0.6) is 11.5 Å². The van der Waals surface area contributed by atoms with Gasteiger partial charge in [0.2, 0.25) is 12.7 Å². The Hall–Kier alpha value is -1.73. The zero-order valence-corrected chi connectivity index (χ0v) is 14.2. The van der Waals surface area contributed by atoms with Gasteiger partial charge in [0.1, 0.15) is 11.2 Å². The van der Waals surface area contributed by atoms with E-state index >= 15 is 0 Å². The number of nitrogens with zero attached hydrogens (tertiary/aromatic N) is 1. The molecule has 4 rings (SSSR count). The number of rotatable bonds is 2. The molecular weight excluding hydrogens is 385 g/mol. The SMILES string of the molecule is O=C1CSC(c2cc3c(cc2Br)OCO3)N1c1ccc(F)cc1. The van der Waals surface area contributed by atoms with E-state index in [0.29, 0.717) is 22.9 Å². The summed E-state index contributed by atoms with van der Waals surface area (Å²) >= 11 is 5.07. The monoisotopic (exact) mass is 395 g/mol. The fourth-order valence-corrected chi connectivity index (χ4v) is 4.55. The molecule has 0 N–H and O–H groups in total. The minimum Gasteiger partial charge on any atom is -0.454 e. The van der Waals surface area contributed by atoms with Crippen LogP contribution < -0.4 is 14.4 Å². The molecule has 0 radical (unpaired) electrons. The Kier molecular flexibility index (Phi) is 3.69. The zero-order chi connectivity index (χ0) is 16.0. The number of hydrogen-bond acceptors (Lipinski definition) is 4. The van der Waals surface area contributed by atoms with Gasteiger partial charge in [-0.1, -0.05) is 15.9 Å². The molecule has 1 amide bonds. The van der Waals surface area contributed by atoms with Gasteiger partial charge < -0.3 is 9.47 Å². The molecule has 0 bridgehead atoms.